The molecule has 0 saturated carbocycles. The summed E-state index contributed by atoms with van der Waals surface area (Å²) in [6.07, 6.45) is 2.70. The molecule has 24 heavy (non-hydrogen) atoms. The molecule has 2 aromatic carbocycles. The first-order chi connectivity index (χ1) is 11.6. The maximum Gasteiger partial charge on any atom is 0.293 e. The average molecular weight is 390 g/mol. The monoisotopic (exact) mass is 389 g/mol. The lowest BCUT2D eigenvalue weighted by atomic mass is 10.1. The van der Waals surface area contributed by atoms with Gasteiger partial charge in [-0.2, -0.15) is 0 Å². The van der Waals surface area contributed by atoms with Gasteiger partial charge in [0.15, 0.2) is 0 Å². The summed E-state index contributed by atoms with van der Waals surface area (Å²) in [7, 11) is 1.64. The Hall–Kier alpha value is -2.54. The van der Waals surface area contributed by atoms with Crippen LogP contribution in [0.1, 0.15) is 5.56 Å². The van der Waals surface area contributed by atoms with Crippen LogP contribution < -0.4 is 10.1 Å². The molecule has 0 unspecified atom stereocenters. The number of nitro groups is 1. The number of nitrogens with zero attached hydrogens (tertiary/aromatic N) is 1. The Labute approximate surface area is 147 Å². The summed E-state index contributed by atoms with van der Waals surface area (Å²) in [5.74, 6) is 0.805. The lowest BCUT2D eigenvalue weighted by Gasteiger charge is -2.07. The van der Waals surface area contributed by atoms with Crippen LogP contribution in [-0.4, -0.2) is 23.6 Å². The van der Waals surface area contributed by atoms with Crippen molar-refractivity contribution < 1.29 is 9.66 Å². The number of H-pyrrole nitrogens is 1. The molecule has 1 heterocycles. The molecule has 1 aromatic heterocycles. The van der Waals surface area contributed by atoms with Crippen LogP contribution in [0.4, 0.5) is 11.4 Å². The molecule has 0 radical (unpaired) electrons. The molecule has 0 aliphatic rings. The number of aromatic nitrogens is 1. The Morgan fingerprint density at radius 1 is 1.29 bits per heavy atom. The Balaban J connectivity index is 1.74. The average Bonchev–Trinajstić information content (AvgIpc) is 2.98. The van der Waals surface area contributed by atoms with Crippen LogP contribution >= 0.6 is 15.9 Å². The van der Waals surface area contributed by atoms with Gasteiger partial charge in [0, 0.05) is 34.2 Å². The second-order valence-electron chi connectivity index (χ2n) is 5.32. The molecule has 3 aromatic rings. The zero-order valence-corrected chi connectivity index (χ0v) is 14.6. The highest BCUT2D eigenvalue weighted by Crippen LogP contribution is 2.28. The highest BCUT2D eigenvalue weighted by molar-refractivity contribution is 9.10. The smallest absolute Gasteiger partial charge is 0.293 e. The number of halogens is 1. The fraction of sp³-hybridized carbons (Fsp3) is 0.176. The number of anilines is 1. The van der Waals surface area contributed by atoms with Gasteiger partial charge in [-0.3, -0.25) is 10.1 Å². The largest absolute Gasteiger partial charge is 0.497 e. The first kappa shape index (κ1) is 16.3. The van der Waals surface area contributed by atoms with E-state index in [-0.39, 0.29) is 10.6 Å². The van der Waals surface area contributed by atoms with Crippen molar-refractivity contribution in [2.45, 2.75) is 6.42 Å². The predicted molar refractivity (Wildman–Crippen MR) is 97.8 cm³/mol. The topological polar surface area (TPSA) is 80.2 Å². The molecular formula is C17H16BrN3O3. The third kappa shape index (κ3) is 3.35. The van der Waals surface area contributed by atoms with E-state index in [1.165, 1.54) is 6.07 Å². The van der Waals surface area contributed by atoms with Gasteiger partial charge < -0.3 is 15.0 Å². The third-order valence-electron chi connectivity index (χ3n) is 3.84. The molecule has 0 aliphatic heterocycles. The molecule has 3 rings (SSSR count). The minimum atomic E-state index is -0.385. The van der Waals surface area contributed by atoms with Crippen molar-refractivity contribution in [2.75, 3.05) is 19.0 Å². The standard InChI is InChI=1S/C17H16BrN3O3/c1-24-13-3-5-15-14(9-13)11(10-20-15)6-7-19-16-4-2-12(18)8-17(16)21(22)23/h2-5,8-10,19-20H,6-7H2,1H3. The predicted octanol–water partition coefficient (Wildman–Crippen LogP) is 4.50. The number of hydrogen-bond acceptors (Lipinski definition) is 4. The van der Waals surface area contributed by atoms with Crippen LogP contribution in [0.25, 0.3) is 10.9 Å². The molecule has 2 N–H and O–H groups in total. The highest BCUT2D eigenvalue weighted by Gasteiger charge is 2.14. The number of methoxy groups -OCH3 is 1. The van der Waals surface area contributed by atoms with E-state index in [1.54, 1.807) is 19.2 Å². The molecule has 0 spiro atoms. The van der Waals surface area contributed by atoms with Crippen molar-refractivity contribution in [1.82, 2.24) is 4.98 Å². The summed E-state index contributed by atoms with van der Waals surface area (Å²) in [5.41, 5.74) is 2.75. The molecule has 124 valence electrons. The molecule has 0 fully saturated rings. The van der Waals surface area contributed by atoms with Crippen molar-refractivity contribution >= 4 is 38.2 Å². The fourth-order valence-corrected chi connectivity index (χ4v) is 2.98. The quantitative estimate of drug-likeness (QED) is 0.480. The summed E-state index contributed by atoms with van der Waals surface area (Å²) in [5, 5.41) is 15.4. The van der Waals surface area contributed by atoms with Crippen molar-refractivity contribution in [1.29, 1.82) is 0 Å². The number of nitrogens with one attached hydrogen (secondary N) is 2. The first-order valence-corrected chi connectivity index (χ1v) is 8.19. The molecule has 6 nitrogen and oxygen atoms in total. The van der Waals surface area contributed by atoms with Gasteiger partial charge in [-0.25, -0.2) is 0 Å². The maximum atomic E-state index is 11.1. The van der Waals surface area contributed by atoms with Gasteiger partial charge in [0.25, 0.3) is 5.69 Å². The Morgan fingerprint density at radius 3 is 2.88 bits per heavy atom. The van der Waals surface area contributed by atoms with Crippen LogP contribution in [0, 0.1) is 10.1 Å². The van der Waals surface area contributed by atoms with Crippen LogP contribution in [0.15, 0.2) is 47.1 Å². The number of fused-ring (bicyclic) bond motifs is 1. The van der Waals surface area contributed by atoms with E-state index in [1.807, 2.05) is 24.4 Å². The Morgan fingerprint density at radius 2 is 2.12 bits per heavy atom. The Bertz CT molecular complexity index is 892. The van der Waals surface area contributed by atoms with E-state index in [2.05, 4.69) is 26.2 Å². The number of nitro benzene ring substituents is 1. The van der Waals surface area contributed by atoms with Gasteiger partial charge >= 0.3 is 0 Å². The maximum absolute atomic E-state index is 11.1. The number of ether oxygens (including phenoxy) is 1. The highest BCUT2D eigenvalue weighted by atomic mass is 79.9. The van der Waals surface area contributed by atoms with Crippen LogP contribution in [0.2, 0.25) is 0 Å². The van der Waals surface area contributed by atoms with Crippen molar-refractivity contribution in [3.8, 4) is 5.75 Å². The zero-order valence-electron chi connectivity index (χ0n) is 13.0. The van der Waals surface area contributed by atoms with E-state index in [0.29, 0.717) is 16.7 Å². The van der Waals surface area contributed by atoms with Gasteiger partial charge in [0.2, 0.25) is 0 Å². The summed E-state index contributed by atoms with van der Waals surface area (Å²) >= 11 is 3.26. The third-order valence-corrected chi connectivity index (χ3v) is 4.33. The van der Waals surface area contributed by atoms with Crippen molar-refractivity contribution in [3.63, 3.8) is 0 Å². The van der Waals surface area contributed by atoms with Gasteiger partial charge in [0.05, 0.1) is 12.0 Å². The second kappa shape index (κ2) is 6.92. The normalized spacial score (nSPS) is 10.8. The van der Waals surface area contributed by atoms with Crippen LogP contribution in [0.5, 0.6) is 5.75 Å². The molecule has 0 aliphatic carbocycles. The van der Waals surface area contributed by atoms with Gasteiger partial charge in [-0.1, -0.05) is 15.9 Å². The summed E-state index contributed by atoms with van der Waals surface area (Å²) in [6.45, 7) is 0.590. The molecule has 0 saturated heterocycles. The van der Waals surface area contributed by atoms with Crippen molar-refractivity contribution in [2.24, 2.45) is 0 Å². The van der Waals surface area contributed by atoms with Crippen LogP contribution in [0.3, 0.4) is 0 Å². The summed E-state index contributed by atoms with van der Waals surface area (Å²) < 4.78 is 5.95. The fourth-order valence-electron chi connectivity index (χ4n) is 2.63. The van der Waals surface area contributed by atoms with E-state index in [0.717, 1.165) is 28.6 Å². The first-order valence-electron chi connectivity index (χ1n) is 7.40. The second-order valence-corrected chi connectivity index (χ2v) is 6.24. The molecular weight excluding hydrogens is 374 g/mol. The van der Waals surface area contributed by atoms with Crippen LogP contribution in [-0.2, 0) is 6.42 Å². The van der Waals surface area contributed by atoms with E-state index < -0.39 is 0 Å². The lowest BCUT2D eigenvalue weighted by Crippen LogP contribution is -2.06. The minimum Gasteiger partial charge on any atom is -0.497 e. The number of benzene rings is 2. The SMILES string of the molecule is COc1ccc2[nH]cc(CCNc3ccc(Br)cc3[N+](=O)[O-])c2c1. The molecule has 0 amide bonds. The van der Waals surface area contributed by atoms with Gasteiger partial charge in [-0.15, -0.1) is 0 Å². The summed E-state index contributed by atoms with van der Waals surface area (Å²) in [6, 6.07) is 10.9. The minimum absolute atomic E-state index is 0.0602. The molecule has 7 heteroatoms. The zero-order chi connectivity index (χ0) is 17.1. The van der Waals surface area contributed by atoms with Gasteiger partial charge in [0.1, 0.15) is 11.4 Å². The number of rotatable bonds is 6. The number of aromatic amines is 1. The summed E-state index contributed by atoms with van der Waals surface area (Å²) in [4.78, 5) is 14.0. The lowest BCUT2D eigenvalue weighted by molar-refractivity contribution is -0.384. The van der Waals surface area contributed by atoms with Gasteiger partial charge in [-0.05, 0) is 42.3 Å². The van der Waals surface area contributed by atoms with E-state index in [4.69, 9.17) is 4.74 Å². The molecule has 0 atom stereocenters. The van der Waals surface area contributed by atoms with E-state index >= 15 is 0 Å². The Kier molecular flexibility index (Phi) is 4.71. The molecule has 0 bridgehead atoms. The van der Waals surface area contributed by atoms with Crippen molar-refractivity contribution in [3.05, 3.63) is 62.7 Å². The number of hydrogen-bond donors (Lipinski definition) is 2. The van der Waals surface area contributed by atoms with E-state index in [9.17, 15) is 10.1 Å².